The van der Waals surface area contributed by atoms with E-state index in [-0.39, 0.29) is 11.3 Å². The number of amides is 1. The normalized spacial score (nSPS) is 11.2. The number of rotatable bonds is 9. The largest absolute Gasteiger partial charge is 0.489 e. The Kier molecular flexibility index (Phi) is 8.67. The SMILES string of the molecule is Cc1ccc(COc2cccc(-c3nn(-c4ccccc4)cc3/C=C(/C#N)C(=O)Nc3c(C)n(C)n(-c4ccccc4)c3=O)c2)cc1. The number of para-hydroxylation sites is 2. The predicted molar refractivity (Wildman–Crippen MR) is 182 cm³/mol. The van der Waals surface area contributed by atoms with Crippen LogP contribution < -0.4 is 15.6 Å². The maximum absolute atomic E-state index is 13.5. The topological polar surface area (TPSA) is 107 Å². The molecule has 47 heavy (non-hydrogen) atoms. The average Bonchev–Trinajstić information content (AvgIpc) is 3.62. The van der Waals surface area contributed by atoms with Crippen LogP contribution in [-0.2, 0) is 18.4 Å². The van der Waals surface area contributed by atoms with Crippen LogP contribution in [0.1, 0.15) is 22.4 Å². The molecular formula is C38H32N6O3. The second kappa shape index (κ2) is 13.3. The average molecular weight is 621 g/mol. The van der Waals surface area contributed by atoms with Crippen molar-refractivity contribution >= 4 is 17.7 Å². The maximum Gasteiger partial charge on any atom is 0.295 e. The molecular weight excluding hydrogens is 588 g/mol. The zero-order chi connectivity index (χ0) is 32.9. The van der Waals surface area contributed by atoms with Crippen molar-refractivity contribution in [1.82, 2.24) is 19.1 Å². The molecule has 2 aromatic heterocycles. The van der Waals surface area contributed by atoms with Crippen LogP contribution in [0.5, 0.6) is 5.75 Å². The molecule has 6 aromatic rings. The highest BCUT2D eigenvalue weighted by Crippen LogP contribution is 2.29. The van der Waals surface area contributed by atoms with Gasteiger partial charge in [0.15, 0.2) is 0 Å². The smallest absolute Gasteiger partial charge is 0.295 e. The van der Waals surface area contributed by atoms with Crippen LogP contribution >= 0.6 is 0 Å². The first kappa shape index (κ1) is 30.6. The number of nitrogens with zero attached hydrogens (tertiary/aromatic N) is 5. The van der Waals surface area contributed by atoms with E-state index in [0.29, 0.717) is 35.0 Å². The Labute approximate surface area is 272 Å². The number of anilines is 1. The summed E-state index contributed by atoms with van der Waals surface area (Å²) in [4.78, 5) is 26.9. The van der Waals surface area contributed by atoms with E-state index < -0.39 is 11.5 Å². The molecule has 0 spiro atoms. The van der Waals surface area contributed by atoms with Crippen molar-refractivity contribution < 1.29 is 9.53 Å². The van der Waals surface area contributed by atoms with Gasteiger partial charge in [0.25, 0.3) is 11.5 Å². The van der Waals surface area contributed by atoms with Gasteiger partial charge in [-0.3, -0.25) is 14.3 Å². The van der Waals surface area contributed by atoms with Crippen molar-refractivity contribution in [3.8, 4) is 34.5 Å². The molecule has 0 bridgehead atoms. The minimum absolute atomic E-state index is 0.0983. The molecule has 0 radical (unpaired) electrons. The molecule has 9 nitrogen and oxygen atoms in total. The van der Waals surface area contributed by atoms with Gasteiger partial charge in [-0.1, -0.05) is 78.4 Å². The molecule has 6 rings (SSSR count). The summed E-state index contributed by atoms with van der Waals surface area (Å²) >= 11 is 0. The van der Waals surface area contributed by atoms with E-state index in [0.717, 1.165) is 16.8 Å². The van der Waals surface area contributed by atoms with E-state index >= 15 is 0 Å². The first-order chi connectivity index (χ1) is 22.8. The number of aromatic nitrogens is 4. The van der Waals surface area contributed by atoms with E-state index in [9.17, 15) is 14.9 Å². The number of ether oxygens (including phenoxy) is 1. The first-order valence-electron chi connectivity index (χ1n) is 15.0. The van der Waals surface area contributed by atoms with Gasteiger partial charge < -0.3 is 10.1 Å². The Balaban J connectivity index is 1.34. The van der Waals surface area contributed by atoms with Gasteiger partial charge in [-0.2, -0.15) is 10.4 Å². The lowest BCUT2D eigenvalue weighted by atomic mass is 10.1. The molecule has 1 amide bonds. The van der Waals surface area contributed by atoms with Crippen LogP contribution in [0, 0.1) is 25.2 Å². The van der Waals surface area contributed by atoms with Gasteiger partial charge in [-0.15, -0.1) is 0 Å². The summed E-state index contributed by atoms with van der Waals surface area (Å²) in [7, 11) is 1.74. The number of nitriles is 1. The Hall–Kier alpha value is -6.40. The predicted octanol–water partition coefficient (Wildman–Crippen LogP) is 6.77. The number of carbonyl (C=O) groups is 1. The molecule has 0 unspecified atom stereocenters. The molecule has 4 aromatic carbocycles. The Morgan fingerprint density at radius 3 is 2.28 bits per heavy atom. The van der Waals surface area contributed by atoms with Crippen molar-refractivity contribution in [2.24, 2.45) is 7.05 Å². The monoisotopic (exact) mass is 620 g/mol. The van der Waals surface area contributed by atoms with Crippen molar-refractivity contribution in [3.05, 3.63) is 154 Å². The van der Waals surface area contributed by atoms with Gasteiger partial charge in [0.2, 0.25) is 0 Å². The number of hydrogen-bond donors (Lipinski definition) is 1. The summed E-state index contributed by atoms with van der Waals surface area (Å²) in [5.41, 5.74) is 5.60. The minimum Gasteiger partial charge on any atom is -0.489 e. The van der Waals surface area contributed by atoms with E-state index in [1.54, 1.807) is 29.5 Å². The van der Waals surface area contributed by atoms with Gasteiger partial charge in [-0.05, 0) is 61.9 Å². The van der Waals surface area contributed by atoms with Crippen LogP contribution in [-0.4, -0.2) is 25.1 Å². The van der Waals surface area contributed by atoms with Gasteiger partial charge in [-0.25, -0.2) is 9.36 Å². The molecule has 0 atom stereocenters. The Morgan fingerprint density at radius 1 is 0.915 bits per heavy atom. The van der Waals surface area contributed by atoms with E-state index in [1.807, 2.05) is 122 Å². The lowest BCUT2D eigenvalue weighted by molar-refractivity contribution is -0.112. The van der Waals surface area contributed by atoms with Crippen LogP contribution in [0.3, 0.4) is 0 Å². The number of nitrogens with one attached hydrogen (secondary N) is 1. The molecule has 0 saturated carbocycles. The summed E-state index contributed by atoms with van der Waals surface area (Å²) in [6.45, 7) is 4.18. The fraction of sp³-hybridized carbons (Fsp3) is 0.105. The van der Waals surface area contributed by atoms with Crippen molar-refractivity contribution in [1.29, 1.82) is 5.26 Å². The van der Waals surface area contributed by atoms with Crippen molar-refractivity contribution in [2.45, 2.75) is 20.5 Å². The van der Waals surface area contributed by atoms with E-state index in [4.69, 9.17) is 9.84 Å². The third-order valence-corrected chi connectivity index (χ3v) is 7.85. The Morgan fingerprint density at radius 2 is 1.60 bits per heavy atom. The van der Waals surface area contributed by atoms with Gasteiger partial charge in [0.1, 0.15) is 35.4 Å². The van der Waals surface area contributed by atoms with Crippen LogP contribution in [0.15, 0.2) is 126 Å². The fourth-order valence-corrected chi connectivity index (χ4v) is 5.21. The Bertz CT molecular complexity index is 2180. The minimum atomic E-state index is -0.702. The summed E-state index contributed by atoms with van der Waals surface area (Å²) in [6.07, 6.45) is 3.26. The number of benzene rings is 4. The van der Waals surface area contributed by atoms with E-state index in [2.05, 4.69) is 5.32 Å². The van der Waals surface area contributed by atoms with Crippen molar-refractivity contribution in [3.63, 3.8) is 0 Å². The van der Waals surface area contributed by atoms with E-state index in [1.165, 1.54) is 16.3 Å². The molecule has 0 aliphatic rings. The summed E-state index contributed by atoms with van der Waals surface area (Å²) < 4.78 is 10.9. The van der Waals surface area contributed by atoms with Crippen LogP contribution in [0.25, 0.3) is 28.7 Å². The highest BCUT2D eigenvalue weighted by molar-refractivity contribution is 6.10. The molecule has 9 heteroatoms. The first-order valence-corrected chi connectivity index (χ1v) is 15.0. The lowest BCUT2D eigenvalue weighted by Gasteiger charge is -2.08. The summed E-state index contributed by atoms with van der Waals surface area (Å²) in [5.74, 6) is -0.0492. The summed E-state index contributed by atoms with van der Waals surface area (Å²) in [5, 5.41) is 17.7. The van der Waals surface area contributed by atoms with Crippen LogP contribution in [0.4, 0.5) is 5.69 Å². The summed E-state index contributed by atoms with van der Waals surface area (Å²) in [6, 6.07) is 36.4. The number of carbonyl (C=O) groups excluding carboxylic acids is 1. The zero-order valence-corrected chi connectivity index (χ0v) is 26.2. The van der Waals surface area contributed by atoms with Gasteiger partial charge in [0.05, 0.1) is 17.1 Å². The van der Waals surface area contributed by atoms with Crippen molar-refractivity contribution in [2.75, 3.05) is 5.32 Å². The standard InChI is InChI=1S/C38H32N6O3/c1-26-17-19-28(20-18-26)25-47-34-16-10-11-29(22-34)36-31(24-43(41-36)32-12-6-4-7-13-32)21-30(23-39)37(45)40-35-27(2)42(3)44(38(35)46)33-14-8-5-9-15-33/h4-22,24H,25H2,1-3H3,(H,40,45)/b30-21-. The third kappa shape index (κ3) is 6.53. The number of aryl methyl sites for hydroxylation is 1. The molecule has 0 fully saturated rings. The molecule has 1 N–H and O–H groups in total. The second-order valence-electron chi connectivity index (χ2n) is 11.1. The molecule has 232 valence electrons. The molecule has 0 aliphatic carbocycles. The zero-order valence-electron chi connectivity index (χ0n) is 26.2. The third-order valence-electron chi connectivity index (χ3n) is 7.85. The lowest BCUT2D eigenvalue weighted by Crippen LogP contribution is -2.23. The van der Waals surface area contributed by atoms with Gasteiger partial charge in [0, 0.05) is 24.4 Å². The van der Waals surface area contributed by atoms with Gasteiger partial charge >= 0.3 is 0 Å². The second-order valence-corrected chi connectivity index (χ2v) is 11.1. The highest BCUT2D eigenvalue weighted by Gasteiger charge is 2.21. The molecule has 0 aliphatic heterocycles. The quantitative estimate of drug-likeness (QED) is 0.142. The molecule has 0 saturated heterocycles. The maximum atomic E-state index is 13.5. The van der Waals surface area contributed by atoms with Crippen LogP contribution in [0.2, 0.25) is 0 Å². The molecule has 2 heterocycles. The number of hydrogen-bond acceptors (Lipinski definition) is 5. The fourth-order valence-electron chi connectivity index (χ4n) is 5.21. The highest BCUT2D eigenvalue weighted by atomic mass is 16.5.